The highest BCUT2D eigenvalue weighted by molar-refractivity contribution is 6.30. The van der Waals surface area contributed by atoms with Gasteiger partial charge in [0.1, 0.15) is 29.9 Å². The molecule has 0 saturated carbocycles. The molecule has 2 saturated heterocycles. The first-order chi connectivity index (χ1) is 22.0. The van der Waals surface area contributed by atoms with E-state index >= 15 is 0 Å². The Bertz CT molecular complexity index is 1610. The Morgan fingerprint density at radius 1 is 0.957 bits per heavy atom. The number of carbonyl (C=O) groups is 1. The molecule has 0 bridgehead atoms. The molecule has 0 radical (unpaired) electrons. The van der Waals surface area contributed by atoms with Crippen LogP contribution in [0.1, 0.15) is 25.0 Å². The van der Waals surface area contributed by atoms with Gasteiger partial charge in [0.25, 0.3) is 0 Å². The molecule has 3 aromatic carbocycles. The first kappa shape index (κ1) is 33.3. The van der Waals surface area contributed by atoms with Crippen molar-refractivity contribution in [3.05, 3.63) is 99.7 Å². The fourth-order valence-corrected chi connectivity index (χ4v) is 5.91. The smallest absolute Gasteiger partial charge is 0.322 e. The maximum absolute atomic E-state index is 14.0. The number of anilines is 1. The summed E-state index contributed by atoms with van der Waals surface area (Å²) in [5.41, 5.74) is 1.80. The Morgan fingerprint density at radius 2 is 1.67 bits per heavy atom. The SMILES string of the molecule is C[C@@H]1C(=C=O)N(Cc2ccc(F)cc2)[C@@H](C)CN1COc1ccc(Cl)cc1CN1CCN(C(=O)Nc2ccc(F)c(F)c2F)CC1. The molecule has 0 unspecified atom stereocenters. The lowest BCUT2D eigenvalue weighted by Crippen LogP contribution is -2.55. The summed E-state index contributed by atoms with van der Waals surface area (Å²) in [6, 6.07) is 12.4. The molecule has 0 aromatic heterocycles. The molecular weight excluding hydrogens is 626 g/mol. The quantitative estimate of drug-likeness (QED) is 0.185. The fourth-order valence-electron chi connectivity index (χ4n) is 5.71. The summed E-state index contributed by atoms with van der Waals surface area (Å²) in [5.74, 6) is -2.00. The lowest BCUT2D eigenvalue weighted by atomic mass is 10.0. The Kier molecular flexibility index (Phi) is 10.5. The number of hydrogen-bond donors (Lipinski definition) is 1. The number of halogens is 5. The molecule has 2 atom stereocenters. The van der Waals surface area contributed by atoms with Gasteiger partial charge >= 0.3 is 6.03 Å². The number of ether oxygens (including phenoxy) is 1. The number of piperazine rings is 2. The summed E-state index contributed by atoms with van der Waals surface area (Å²) < 4.78 is 60.5. The highest BCUT2D eigenvalue weighted by atomic mass is 35.5. The third-order valence-corrected chi connectivity index (χ3v) is 8.63. The standard InChI is InChI=1S/C33H34ClF4N5O3/c1-21-16-42(22(2)29(19-44)43(21)17-23-3-6-26(35)7-4-23)20-46-30-10-5-25(34)15-24(30)18-40-11-13-41(14-12-40)33(45)39-28-9-8-27(36)31(37)32(28)38/h3-10,15,21-22H,11-14,16-18,20H2,1-2H3,(H,39,45)/t21-,22+/m0/s1. The third-order valence-electron chi connectivity index (χ3n) is 8.39. The number of urea groups is 1. The minimum Gasteiger partial charge on any atom is -0.478 e. The largest absolute Gasteiger partial charge is 0.478 e. The zero-order chi connectivity index (χ0) is 33.0. The zero-order valence-electron chi connectivity index (χ0n) is 25.4. The van der Waals surface area contributed by atoms with E-state index in [1.165, 1.54) is 17.0 Å². The van der Waals surface area contributed by atoms with Crippen LogP contribution in [0.2, 0.25) is 5.02 Å². The van der Waals surface area contributed by atoms with Crippen LogP contribution in [-0.2, 0) is 17.9 Å². The van der Waals surface area contributed by atoms with Crippen LogP contribution in [0.4, 0.5) is 28.0 Å². The van der Waals surface area contributed by atoms with Gasteiger partial charge in [-0.25, -0.2) is 27.2 Å². The van der Waals surface area contributed by atoms with Crippen LogP contribution in [0.15, 0.2) is 60.3 Å². The molecule has 2 heterocycles. The van der Waals surface area contributed by atoms with Crippen molar-refractivity contribution in [3.63, 3.8) is 0 Å². The van der Waals surface area contributed by atoms with Gasteiger partial charge in [-0.2, -0.15) is 0 Å². The Balaban J connectivity index is 1.17. The van der Waals surface area contributed by atoms with E-state index in [9.17, 15) is 27.2 Å². The molecule has 5 rings (SSSR count). The normalized spacial score (nSPS) is 19.2. The van der Waals surface area contributed by atoms with Gasteiger partial charge in [0.2, 0.25) is 0 Å². The van der Waals surface area contributed by atoms with E-state index in [-0.39, 0.29) is 24.6 Å². The van der Waals surface area contributed by atoms with Gasteiger partial charge in [0.05, 0.1) is 11.7 Å². The summed E-state index contributed by atoms with van der Waals surface area (Å²) in [5, 5.41) is 2.85. The number of carbonyl (C=O) groups excluding carboxylic acids is 2. The molecule has 2 aliphatic rings. The van der Waals surface area contributed by atoms with E-state index in [1.807, 2.05) is 24.8 Å². The number of benzene rings is 3. The summed E-state index contributed by atoms with van der Waals surface area (Å²) in [6.07, 6.45) is 0. The minimum absolute atomic E-state index is 0.0296. The van der Waals surface area contributed by atoms with Crippen LogP contribution < -0.4 is 10.1 Å². The lowest BCUT2D eigenvalue weighted by Gasteiger charge is -2.45. The fraction of sp³-hybridized carbons (Fsp3) is 0.364. The summed E-state index contributed by atoms with van der Waals surface area (Å²) in [4.78, 5) is 32.4. The van der Waals surface area contributed by atoms with Crippen LogP contribution >= 0.6 is 11.6 Å². The third kappa shape index (κ3) is 7.64. The molecule has 2 fully saturated rings. The second-order valence-electron chi connectivity index (χ2n) is 11.5. The lowest BCUT2D eigenvalue weighted by molar-refractivity contribution is 0.0278. The maximum Gasteiger partial charge on any atom is 0.322 e. The molecule has 244 valence electrons. The van der Waals surface area contributed by atoms with Crippen LogP contribution in [0.3, 0.4) is 0 Å². The van der Waals surface area contributed by atoms with Gasteiger partial charge in [0.15, 0.2) is 17.5 Å². The van der Waals surface area contributed by atoms with Crippen molar-refractivity contribution in [1.82, 2.24) is 19.6 Å². The van der Waals surface area contributed by atoms with Gasteiger partial charge in [-0.05, 0) is 61.9 Å². The first-order valence-electron chi connectivity index (χ1n) is 14.9. The molecule has 2 aliphatic heterocycles. The van der Waals surface area contributed by atoms with E-state index in [4.69, 9.17) is 16.3 Å². The molecule has 8 nitrogen and oxygen atoms in total. The maximum atomic E-state index is 14.0. The zero-order valence-corrected chi connectivity index (χ0v) is 26.2. The van der Waals surface area contributed by atoms with Gasteiger partial charge in [-0.15, -0.1) is 0 Å². The molecule has 3 aromatic rings. The van der Waals surface area contributed by atoms with Crippen molar-refractivity contribution in [2.45, 2.75) is 39.0 Å². The van der Waals surface area contributed by atoms with E-state index < -0.39 is 29.2 Å². The van der Waals surface area contributed by atoms with E-state index in [0.717, 1.165) is 23.3 Å². The van der Waals surface area contributed by atoms with Crippen molar-refractivity contribution in [3.8, 4) is 5.75 Å². The molecule has 0 spiro atoms. The number of rotatable bonds is 8. The summed E-state index contributed by atoms with van der Waals surface area (Å²) in [6.45, 7) is 7.37. The highest BCUT2D eigenvalue weighted by Crippen LogP contribution is 2.29. The molecule has 46 heavy (non-hydrogen) atoms. The van der Waals surface area contributed by atoms with Gasteiger partial charge in [0, 0.05) is 62.4 Å². The van der Waals surface area contributed by atoms with Gasteiger partial charge < -0.3 is 19.9 Å². The van der Waals surface area contributed by atoms with Crippen molar-refractivity contribution < 1.29 is 31.9 Å². The van der Waals surface area contributed by atoms with Crippen LogP contribution in [-0.4, -0.2) is 83.1 Å². The van der Waals surface area contributed by atoms with Crippen molar-refractivity contribution in [2.24, 2.45) is 0 Å². The van der Waals surface area contributed by atoms with Crippen LogP contribution in [0.25, 0.3) is 0 Å². The second kappa shape index (κ2) is 14.6. The average molecular weight is 660 g/mol. The van der Waals surface area contributed by atoms with E-state index in [2.05, 4.69) is 21.1 Å². The highest BCUT2D eigenvalue weighted by Gasteiger charge is 2.34. The number of amides is 2. The predicted molar refractivity (Wildman–Crippen MR) is 166 cm³/mol. The molecule has 0 aliphatic carbocycles. The Hall–Kier alpha value is -4.09. The Labute approximate surface area is 269 Å². The van der Waals surface area contributed by atoms with Crippen molar-refractivity contribution in [1.29, 1.82) is 0 Å². The van der Waals surface area contributed by atoms with Gasteiger partial charge in [-0.1, -0.05) is 23.7 Å². The van der Waals surface area contributed by atoms with Gasteiger partial charge in [-0.3, -0.25) is 9.80 Å². The summed E-state index contributed by atoms with van der Waals surface area (Å²) >= 11 is 6.33. The number of nitrogens with one attached hydrogen (secondary N) is 1. The average Bonchev–Trinajstić information content (AvgIpc) is 3.04. The molecule has 1 N–H and O–H groups in total. The van der Waals surface area contributed by atoms with E-state index in [1.54, 1.807) is 24.3 Å². The topological polar surface area (TPSA) is 68.4 Å². The van der Waals surface area contributed by atoms with E-state index in [0.29, 0.717) is 62.3 Å². The molecular formula is C33H34ClF4N5O3. The monoisotopic (exact) mass is 659 g/mol. The minimum atomic E-state index is -1.64. The van der Waals surface area contributed by atoms with Crippen molar-refractivity contribution >= 4 is 29.3 Å². The predicted octanol–water partition coefficient (Wildman–Crippen LogP) is 5.89. The molecule has 13 heteroatoms. The van der Waals surface area contributed by atoms with Crippen molar-refractivity contribution in [2.75, 3.05) is 44.8 Å². The summed E-state index contributed by atoms with van der Waals surface area (Å²) in [7, 11) is 0. The van der Waals surface area contributed by atoms with Crippen LogP contribution in [0, 0.1) is 23.3 Å². The Morgan fingerprint density at radius 3 is 2.37 bits per heavy atom. The number of hydrogen-bond acceptors (Lipinski definition) is 6. The van der Waals surface area contributed by atoms with Crippen LogP contribution in [0.5, 0.6) is 5.75 Å². The molecule has 2 amide bonds. The second-order valence-corrected chi connectivity index (χ2v) is 11.9. The number of nitrogens with zero attached hydrogens (tertiary/aromatic N) is 4. The first-order valence-corrected chi connectivity index (χ1v) is 15.2.